The van der Waals surface area contributed by atoms with Crippen LogP contribution in [0.2, 0.25) is 0 Å². The number of rotatable bonds is 1. The zero-order chi connectivity index (χ0) is 5.98. The minimum absolute atomic E-state index is 0. The van der Waals surface area contributed by atoms with Gasteiger partial charge in [-0.25, -0.2) is 0 Å². The second-order valence-corrected chi connectivity index (χ2v) is 2.31. The molecule has 0 aromatic rings. The Bertz CT molecular complexity index is 134. The van der Waals surface area contributed by atoms with Gasteiger partial charge >= 0.3 is 0 Å². The Morgan fingerprint density at radius 1 is 1.56 bits per heavy atom. The molecule has 1 heteroatoms. The standard InChI is InChI=1S/C8H12.Zr/c1-3-8-6-4-5-7(8)2;/h4-6,8H,3H2,1-2H3;. The first-order valence-corrected chi connectivity index (χ1v) is 3.19. The van der Waals surface area contributed by atoms with E-state index in [1.807, 2.05) is 0 Å². The van der Waals surface area contributed by atoms with E-state index in [-0.39, 0.29) is 26.2 Å². The Morgan fingerprint density at radius 2 is 2.22 bits per heavy atom. The van der Waals surface area contributed by atoms with Crippen molar-refractivity contribution in [1.82, 2.24) is 0 Å². The quantitative estimate of drug-likeness (QED) is 0.609. The molecule has 1 unspecified atom stereocenters. The van der Waals surface area contributed by atoms with Crippen LogP contribution in [0.1, 0.15) is 20.3 Å². The molecule has 0 heterocycles. The van der Waals surface area contributed by atoms with Gasteiger partial charge in [0.05, 0.1) is 0 Å². The molecule has 0 nitrogen and oxygen atoms in total. The fraction of sp³-hybridized carbons (Fsp3) is 0.500. The Labute approximate surface area is 76.2 Å². The van der Waals surface area contributed by atoms with E-state index < -0.39 is 0 Å². The molecule has 0 saturated heterocycles. The van der Waals surface area contributed by atoms with Crippen molar-refractivity contribution in [2.75, 3.05) is 0 Å². The van der Waals surface area contributed by atoms with Crippen molar-refractivity contribution in [3.8, 4) is 0 Å². The monoisotopic (exact) mass is 198 g/mol. The van der Waals surface area contributed by atoms with Crippen LogP contribution in [0.5, 0.6) is 0 Å². The molecule has 0 amide bonds. The normalized spacial score (nSPS) is 23.3. The second-order valence-electron chi connectivity index (χ2n) is 2.31. The maximum absolute atomic E-state index is 2.26. The van der Waals surface area contributed by atoms with E-state index in [1.54, 1.807) is 0 Å². The molecule has 48 valence electrons. The van der Waals surface area contributed by atoms with Crippen molar-refractivity contribution in [2.24, 2.45) is 5.92 Å². The van der Waals surface area contributed by atoms with Gasteiger partial charge in [0.1, 0.15) is 0 Å². The molecule has 9 heavy (non-hydrogen) atoms. The number of hydrogen-bond donors (Lipinski definition) is 0. The number of hydrogen-bond acceptors (Lipinski definition) is 0. The van der Waals surface area contributed by atoms with E-state index in [4.69, 9.17) is 0 Å². The molecule has 0 saturated carbocycles. The summed E-state index contributed by atoms with van der Waals surface area (Å²) in [5.74, 6) is 0.745. The first-order valence-electron chi connectivity index (χ1n) is 3.19. The van der Waals surface area contributed by atoms with Gasteiger partial charge in [-0.15, -0.1) is 0 Å². The van der Waals surface area contributed by atoms with E-state index in [2.05, 4.69) is 32.1 Å². The zero-order valence-electron chi connectivity index (χ0n) is 6.02. The third-order valence-corrected chi connectivity index (χ3v) is 1.73. The van der Waals surface area contributed by atoms with Gasteiger partial charge in [-0.05, 0) is 19.3 Å². The maximum Gasteiger partial charge on any atom is 0 e. The van der Waals surface area contributed by atoms with Crippen LogP contribution in [-0.2, 0) is 26.2 Å². The van der Waals surface area contributed by atoms with Gasteiger partial charge < -0.3 is 0 Å². The van der Waals surface area contributed by atoms with Gasteiger partial charge in [0.25, 0.3) is 0 Å². The summed E-state index contributed by atoms with van der Waals surface area (Å²) in [5, 5.41) is 0. The van der Waals surface area contributed by atoms with Crippen LogP contribution in [0, 0.1) is 5.92 Å². The topological polar surface area (TPSA) is 0 Å². The molecule has 1 atom stereocenters. The van der Waals surface area contributed by atoms with Crippen LogP contribution < -0.4 is 0 Å². The molecule has 0 aromatic heterocycles. The van der Waals surface area contributed by atoms with Crippen molar-refractivity contribution < 1.29 is 26.2 Å². The fourth-order valence-corrected chi connectivity index (χ4v) is 1.07. The molecular weight excluding hydrogens is 187 g/mol. The van der Waals surface area contributed by atoms with E-state index in [0.717, 1.165) is 5.92 Å². The van der Waals surface area contributed by atoms with Crippen LogP contribution in [0.4, 0.5) is 0 Å². The Hall–Kier alpha value is 0.363. The SMILES string of the molecule is CCC1C=CC=C1C.[Zr]. The molecule has 0 spiro atoms. The molecule has 0 bridgehead atoms. The van der Waals surface area contributed by atoms with Crippen LogP contribution in [0.15, 0.2) is 23.8 Å². The Kier molecular flexibility index (Phi) is 4.39. The molecule has 0 aromatic carbocycles. The van der Waals surface area contributed by atoms with E-state index in [9.17, 15) is 0 Å². The van der Waals surface area contributed by atoms with Crippen molar-refractivity contribution in [1.29, 1.82) is 0 Å². The van der Waals surface area contributed by atoms with Crippen LogP contribution in [0.25, 0.3) is 0 Å². The summed E-state index contributed by atoms with van der Waals surface area (Å²) in [6, 6.07) is 0. The summed E-state index contributed by atoms with van der Waals surface area (Å²) in [7, 11) is 0. The summed E-state index contributed by atoms with van der Waals surface area (Å²) >= 11 is 0. The second kappa shape index (κ2) is 4.22. The molecule has 1 aliphatic carbocycles. The van der Waals surface area contributed by atoms with E-state index in [0.29, 0.717) is 0 Å². The summed E-state index contributed by atoms with van der Waals surface area (Å²) in [6.07, 6.45) is 7.84. The molecule has 0 aliphatic heterocycles. The predicted molar refractivity (Wildman–Crippen MR) is 36.7 cm³/mol. The van der Waals surface area contributed by atoms with E-state index in [1.165, 1.54) is 12.0 Å². The van der Waals surface area contributed by atoms with E-state index >= 15 is 0 Å². The van der Waals surface area contributed by atoms with Gasteiger partial charge in [-0.2, -0.15) is 0 Å². The van der Waals surface area contributed by atoms with Crippen molar-refractivity contribution in [2.45, 2.75) is 20.3 Å². The maximum atomic E-state index is 2.26. The predicted octanol–water partition coefficient (Wildman–Crippen LogP) is 2.53. The Balaban J connectivity index is 0.000000640. The Morgan fingerprint density at radius 3 is 2.44 bits per heavy atom. The van der Waals surface area contributed by atoms with Gasteiger partial charge in [0.15, 0.2) is 0 Å². The molecule has 1 aliphatic rings. The van der Waals surface area contributed by atoms with Crippen molar-refractivity contribution in [3.63, 3.8) is 0 Å². The largest absolute Gasteiger partial charge is 0.0774 e. The summed E-state index contributed by atoms with van der Waals surface area (Å²) in [4.78, 5) is 0. The first kappa shape index (κ1) is 9.36. The summed E-state index contributed by atoms with van der Waals surface area (Å²) in [6.45, 7) is 4.41. The first-order chi connectivity index (χ1) is 3.84. The summed E-state index contributed by atoms with van der Waals surface area (Å²) in [5.41, 5.74) is 1.51. The summed E-state index contributed by atoms with van der Waals surface area (Å²) < 4.78 is 0. The fourth-order valence-electron chi connectivity index (χ4n) is 1.07. The van der Waals surface area contributed by atoms with Gasteiger partial charge in [-0.1, -0.05) is 30.7 Å². The van der Waals surface area contributed by atoms with Crippen LogP contribution in [0.3, 0.4) is 0 Å². The van der Waals surface area contributed by atoms with Gasteiger partial charge in [0, 0.05) is 26.2 Å². The van der Waals surface area contributed by atoms with Crippen LogP contribution in [-0.4, -0.2) is 0 Å². The third-order valence-electron chi connectivity index (χ3n) is 1.73. The molecule has 0 radical (unpaired) electrons. The third kappa shape index (κ3) is 2.22. The molecular formula is C8H12Zr. The van der Waals surface area contributed by atoms with Crippen molar-refractivity contribution >= 4 is 0 Å². The number of allylic oxidation sites excluding steroid dienone is 4. The average molecular weight is 199 g/mol. The van der Waals surface area contributed by atoms with Crippen LogP contribution >= 0.6 is 0 Å². The smallest absolute Gasteiger partial charge is 0 e. The average Bonchev–Trinajstić information content (AvgIpc) is 2.14. The molecule has 0 fully saturated rings. The van der Waals surface area contributed by atoms with Gasteiger partial charge in [-0.3, -0.25) is 0 Å². The molecule has 0 N–H and O–H groups in total. The minimum atomic E-state index is 0. The molecule has 1 rings (SSSR count). The minimum Gasteiger partial charge on any atom is -0.0774 e. The van der Waals surface area contributed by atoms with Gasteiger partial charge in [0.2, 0.25) is 0 Å². The van der Waals surface area contributed by atoms with Crippen molar-refractivity contribution in [3.05, 3.63) is 23.8 Å². The zero-order valence-corrected chi connectivity index (χ0v) is 8.47.